The Morgan fingerprint density at radius 3 is 2.87 bits per heavy atom. The summed E-state index contributed by atoms with van der Waals surface area (Å²) in [6, 6.07) is 8.70. The topological polar surface area (TPSA) is 52.0 Å². The lowest BCUT2D eigenvalue weighted by Gasteiger charge is -2.00. The lowest BCUT2D eigenvalue weighted by atomic mass is 10.1. The molecule has 0 amide bonds. The Balaban J connectivity index is 1.99. The number of aromatic nitrogens is 1. The summed E-state index contributed by atoms with van der Waals surface area (Å²) in [5.41, 5.74) is 7.99. The van der Waals surface area contributed by atoms with Gasteiger partial charge in [0, 0.05) is 6.42 Å². The van der Waals surface area contributed by atoms with Crippen LogP contribution in [0.2, 0.25) is 0 Å². The van der Waals surface area contributed by atoms with Gasteiger partial charge in [-0.2, -0.15) is 0 Å². The minimum absolute atomic E-state index is 0.245. The summed E-state index contributed by atoms with van der Waals surface area (Å²) >= 11 is 0. The summed E-state index contributed by atoms with van der Waals surface area (Å²) in [4.78, 5) is 3.86. The minimum Gasteiger partial charge on any atom is -0.429 e. The molecule has 15 heavy (non-hydrogen) atoms. The molecule has 0 unspecified atom stereocenters. The second-order valence-corrected chi connectivity index (χ2v) is 3.65. The van der Waals surface area contributed by atoms with Crippen molar-refractivity contribution in [1.29, 1.82) is 0 Å². The molecule has 78 valence electrons. The smallest absolute Gasteiger partial charge is 0.292 e. The highest BCUT2D eigenvalue weighted by Crippen LogP contribution is 2.10. The first-order valence-corrected chi connectivity index (χ1v) is 5.00. The molecule has 2 rings (SSSR count). The van der Waals surface area contributed by atoms with Gasteiger partial charge < -0.3 is 10.2 Å². The highest BCUT2D eigenvalue weighted by molar-refractivity contribution is 5.23. The number of nitrogen functional groups attached to an aromatic ring is 1. The van der Waals surface area contributed by atoms with E-state index in [0.717, 1.165) is 18.6 Å². The van der Waals surface area contributed by atoms with Crippen molar-refractivity contribution in [3.63, 3.8) is 0 Å². The standard InChI is InChI=1S/C12H14N2O/c1-9-3-2-4-10(7-9)5-6-11-8-14-12(13)15-11/h2-4,7-8H,5-6H2,1H3,(H2,13,14). The maximum Gasteiger partial charge on any atom is 0.292 e. The first-order chi connectivity index (χ1) is 7.24. The molecule has 0 saturated carbocycles. The third-order valence-corrected chi connectivity index (χ3v) is 2.31. The molecule has 0 aliphatic rings. The molecule has 1 aromatic carbocycles. The molecule has 2 N–H and O–H groups in total. The molecule has 0 atom stereocenters. The third kappa shape index (κ3) is 2.59. The molecular formula is C12H14N2O. The maximum absolute atomic E-state index is 5.39. The van der Waals surface area contributed by atoms with Crippen molar-refractivity contribution < 1.29 is 4.42 Å². The maximum atomic E-state index is 5.39. The van der Waals surface area contributed by atoms with E-state index in [4.69, 9.17) is 10.2 Å². The van der Waals surface area contributed by atoms with E-state index in [-0.39, 0.29) is 6.01 Å². The number of hydrogen-bond acceptors (Lipinski definition) is 3. The fourth-order valence-electron chi connectivity index (χ4n) is 1.57. The number of benzene rings is 1. The Kier molecular flexibility index (Phi) is 2.72. The molecule has 0 spiro atoms. The number of anilines is 1. The summed E-state index contributed by atoms with van der Waals surface area (Å²) < 4.78 is 5.20. The van der Waals surface area contributed by atoms with Crippen LogP contribution in [0.4, 0.5) is 6.01 Å². The Morgan fingerprint density at radius 2 is 2.20 bits per heavy atom. The van der Waals surface area contributed by atoms with Gasteiger partial charge in [-0.15, -0.1) is 0 Å². The molecule has 1 aromatic heterocycles. The predicted molar refractivity (Wildman–Crippen MR) is 59.5 cm³/mol. The largest absolute Gasteiger partial charge is 0.429 e. The van der Waals surface area contributed by atoms with Crippen molar-refractivity contribution in [2.24, 2.45) is 0 Å². The van der Waals surface area contributed by atoms with Crippen LogP contribution in [0.3, 0.4) is 0 Å². The fourth-order valence-corrected chi connectivity index (χ4v) is 1.57. The number of hydrogen-bond donors (Lipinski definition) is 1. The fraction of sp³-hybridized carbons (Fsp3) is 0.250. The van der Waals surface area contributed by atoms with Gasteiger partial charge in [0.1, 0.15) is 5.76 Å². The molecule has 1 heterocycles. The Bertz CT molecular complexity index is 448. The summed E-state index contributed by atoms with van der Waals surface area (Å²) in [7, 11) is 0. The molecule has 0 fully saturated rings. The van der Waals surface area contributed by atoms with Gasteiger partial charge in [0.05, 0.1) is 6.20 Å². The van der Waals surface area contributed by atoms with Crippen LogP contribution in [0.25, 0.3) is 0 Å². The molecule has 3 nitrogen and oxygen atoms in total. The summed E-state index contributed by atoms with van der Waals surface area (Å²) in [5.74, 6) is 0.842. The minimum atomic E-state index is 0.245. The van der Waals surface area contributed by atoms with Crippen LogP contribution in [0.15, 0.2) is 34.9 Å². The number of aryl methyl sites for hydroxylation is 3. The monoisotopic (exact) mass is 202 g/mol. The van der Waals surface area contributed by atoms with Gasteiger partial charge in [0.25, 0.3) is 6.01 Å². The van der Waals surface area contributed by atoms with Gasteiger partial charge in [0.15, 0.2) is 0 Å². The lowest BCUT2D eigenvalue weighted by molar-refractivity contribution is 0.522. The number of rotatable bonds is 3. The third-order valence-electron chi connectivity index (χ3n) is 2.31. The molecule has 0 aliphatic heterocycles. The van der Waals surface area contributed by atoms with E-state index in [1.165, 1.54) is 11.1 Å². The van der Waals surface area contributed by atoms with Crippen LogP contribution in [-0.4, -0.2) is 4.98 Å². The van der Waals surface area contributed by atoms with E-state index in [9.17, 15) is 0 Å². The van der Waals surface area contributed by atoms with E-state index in [1.807, 2.05) is 0 Å². The van der Waals surface area contributed by atoms with Crippen molar-refractivity contribution in [3.05, 3.63) is 47.3 Å². The molecular weight excluding hydrogens is 188 g/mol. The van der Waals surface area contributed by atoms with Crippen LogP contribution in [0.5, 0.6) is 0 Å². The summed E-state index contributed by atoms with van der Waals surface area (Å²) in [6.07, 6.45) is 3.48. The zero-order chi connectivity index (χ0) is 10.7. The number of nitrogens with zero attached hydrogens (tertiary/aromatic N) is 1. The van der Waals surface area contributed by atoms with Crippen molar-refractivity contribution in [1.82, 2.24) is 4.98 Å². The van der Waals surface area contributed by atoms with Gasteiger partial charge in [-0.1, -0.05) is 29.8 Å². The molecule has 0 radical (unpaired) electrons. The average Bonchev–Trinajstić information content (AvgIpc) is 2.62. The predicted octanol–water partition coefficient (Wildman–Crippen LogP) is 2.35. The molecule has 0 bridgehead atoms. The van der Waals surface area contributed by atoms with Crippen LogP contribution in [0, 0.1) is 6.92 Å². The van der Waals surface area contributed by atoms with Gasteiger partial charge in [0.2, 0.25) is 0 Å². The van der Waals surface area contributed by atoms with Crippen LogP contribution in [-0.2, 0) is 12.8 Å². The second-order valence-electron chi connectivity index (χ2n) is 3.65. The normalized spacial score (nSPS) is 10.5. The van der Waals surface area contributed by atoms with E-state index in [2.05, 4.69) is 36.2 Å². The highest BCUT2D eigenvalue weighted by atomic mass is 16.4. The Labute approximate surface area is 88.9 Å². The van der Waals surface area contributed by atoms with Crippen molar-refractivity contribution >= 4 is 6.01 Å². The summed E-state index contributed by atoms with van der Waals surface area (Å²) in [5, 5.41) is 0. The van der Waals surface area contributed by atoms with Crippen LogP contribution < -0.4 is 5.73 Å². The van der Waals surface area contributed by atoms with Gasteiger partial charge in [-0.05, 0) is 18.9 Å². The van der Waals surface area contributed by atoms with Crippen molar-refractivity contribution in [2.45, 2.75) is 19.8 Å². The quantitative estimate of drug-likeness (QED) is 0.831. The molecule has 3 heteroatoms. The van der Waals surface area contributed by atoms with Gasteiger partial charge >= 0.3 is 0 Å². The summed E-state index contributed by atoms with van der Waals surface area (Å²) in [6.45, 7) is 2.09. The Morgan fingerprint density at radius 1 is 1.33 bits per heavy atom. The van der Waals surface area contributed by atoms with E-state index >= 15 is 0 Å². The van der Waals surface area contributed by atoms with Gasteiger partial charge in [-0.3, -0.25) is 0 Å². The van der Waals surface area contributed by atoms with Crippen molar-refractivity contribution in [3.8, 4) is 0 Å². The lowest BCUT2D eigenvalue weighted by Crippen LogP contribution is -1.90. The van der Waals surface area contributed by atoms with E-state index in [0.29, 0.717) is 0 Å². The average molecular weight is 202 g/mol. The first-order valence-electron chi connectivity index (χ1n) is 5.00. The zero-order valence-electron chi connectivity index (χ0n) is 8.73. The Hall–Kier alpha value is -1.77. The van der Waals surface area contributed by atoms with Gasteiger partial charge in [-0.25, -0.2) is 4.98 Å². The van der Waals surface area contributed by atoms with Crippen LogP contribution >= 0.6 is 0 Å². The van der Waals surface area contributed by atoms with Crippen molar-refractivity contribution in [2.75, 3.05) is 5.73 Å². The first kappa shape index (κ1) is 9.77. The molecule has 2 aromatic rings. The van der Waals surface area contributed by atoms with E-state index < -0.39 is 0 Å². The van der Waals surface area contributed by atoms with Crippen LogP contribution in [0.1, 0.15) is 16.9 Å². The number of oxazole rings is 1. The molecule has 0 saturated heterocycles. The zero-order valence-corrected chi connectivity index (χ0v) is 8.73. The highest BCUT2D eigenvalue weighted by Gasteiger charge is 2.01. The number of nitrogens with two attached hydrogens (primary N) is 1. The SMILES string of the molecule is Cc1cccc(CCc2cnc(N)o2)c1. The second kappa shape index (κ2) is 4.17. The molecule has 0 aliphatic carbocycles. The van der Waals surface area contributed by atoms with E-state index in [1.54, 1.807) is 6.20 Å².